The maximum atomic E-state index is 11.2. The fraction of sp³-hybridized carbons (Fsp3) is 0. The largest absolute Gasteiger partial charge is 0.348 e. The van der Waals surface area contributed by atoms with Gasteiger partial charge in [-0.05, 0) is 6.07 Å². The van der Waals surface area contributed by atoms with E-state index in [1.54, 1.807) is 0 Å². The van der Waals surface area contributed by atoms with E-state index in [2.05, 4.69) is 4.98 Å². The molecule has 14 heavy (non-hydrogen) atoms. The Hall–Kier alpha value is -2.31. The van der Waals surface area contributed by atoms with Crippen molar-refractivity contribution in [2.24, 2.45) is 0 Å². The van der Waals surface area contributed by atoms with Gasteiger partial charge in [0.2, 0.25) is 5.56 Å². The molecule has 7 nitrogen and oxygen atoms in total. The van der Waals surface area contributed by atoms with Crippen LogP contribution in [0.15, 0.2) is 26.5 Å². The number of aromatic nitrogens is 3. The van der Waals surface area contributed by atoms with Gasteiger partial charge in [-0.15, -0.1) is 0 Å². The molecule has 0 radical (unpaired) electrons. The minimum absolute atomic E-state index is 0.00579. The molecule has 0 spiro atoms. The summed E-state index contributed by atoms with van der Waals surface area (Å²) in [4.78, 5) is 37.5. The summed E-state index contributed by atoms with van der Waals surface area (Å²) in [7, 11) is 0. The number of nitrogen functional groups attached to an aromatic ring is 1. The molecule has 2 heterocycles. The Morgan fingerprint density at radius 1 is 1.14 bits per heavy atom. The van der Waals surface area contributed by atoms with E-state index in [1.165, 1.54) is 12.1 Å². The first-order chi connectivity index (χ1) is 6.59. The Bertz CT molecular complexity index is 663. The van der Waals surface area contributed by atoms with Gasteiger partial charge in [-0.2, -0.15) is 4.68 Å². The molecule has 0 saturated carbocycles. The molecule has 2 aromatic heterocycles. The smallest absolute Gasteiger partial charge is 0.333 e. The molecule has 72 valence electrons. The second-order valence-corrected chi connectivity index (χ2v) is 2.71. The molecule has 2 rings (SSSR count). The Labute approximate surface area is 75.8 Å². The lowest BCUT2D eigenvalue weighted by atomic mass is 10.3. The number of nitrogens with one attached hydrogen (secondary N) is 2. The summed E-state index contributed by atoms with van der Waals surface area (Å²) < 4.78 is 0.679. The van der Waals surface area contributed by atoms with Crippen LogP contribution < -0.4 is 22.7 Å². The summed E-state index contributed by atoms with van der Waals surface area (Å²) in [6, 6.07) is 2.48. The summed E-state index contributed by atoms with van der Waals surface area (Å²) in [5.74, 6) is 5.32. The summed E-state index contributed by atoms with van der Waals surface area (Å²) in [5.41, 5.74) is -1.78. The second kappa shape index (κ2) is 2.59. The number of nitrogens with two attached hydrogens (primary N) is 1. The number of rotatable bonds is 0. The predicted octanol–water partition coefficient (Wildman–Crippen LogP) is -1.91. The first kappa shape index (κ1) is 8.30. The van der Waals surface area contributed by atoms with Gasteiger partial charge in [0.25, 0.3) is 5.56 Å². The highest BCUT2D eigenvalue weighted by molar-refractivity contribution is 5.73. The number of hydrogen-bond donors (Lipinski definition) is 3. The molecule has 0 aliphatic heterocycles. The van der Waals surface area contributed by atoms with Crippen LogP contribution in [0.25, 0.3) is 11.0 Å². The third kappa shape index (κ3) is 1.03. The zero-order chi connectivity index (χ0) is 10.3. The first-order valence-electron chi connectivity index (χ1n) is 3.73. The first-order valence-corrected chi connectivity index (χ1v) is 3.73. The van der Waals surface area contributed by atoms with E-state index in [0.717, 1.165) is 0 Å². The predicted molar refractivity (Wildman–Crippen MR) is 49.6 cm³/mol. The SMILES string of the molecule is Nn1c(=O)[nH]c(=O)c2ccc(=O)[nH]c21. The topological polar surface area (TPSA) is 114 Å². The average Bonchev–Trinajstić information content (AvgIpc) is 2.14. The molecule has 0 amide bonds. The zero-order valence-corrected chi connectivity index (χ0v) is 6.90. The van der Waals surface area contributed by atoms with E-state index in [1.807, 2.05) is 4.98 Å². The van der Waals surface area contributed by atoms with Crippen LogP contribution >= 0.6 is 0 Å². The van der Waals surface area contributed by atoms with Crippen molar-refractivity contribution in [2.45, 2.75) is 0 Å². The molecule has 0 aromatic carbocycles. The number of hydrogen-bond acceptors (Lipinski definition) is 4. The second-order valence-electron chi connectivity index (χ2n) is 2.71. The molecule has 2 aromatic rings. The molecule has 0 fully saturated rings. The van der Waals surface area contributed by atoms with Gasteiger partial charge in [-0.3, -0.25) is 14.6 Å². The molecule has 0 aliphatic rings. The van der Waals surface area contributed by atoms with Crippen LogP contribution in [0.3, 0.4) is 0 Å². The van der Waals surface area contributed by atoms with Crippen LogP contribution in [0.1, 0.15) is 0 Å². The van der Waals surface area contributed by atoms with Gasteiger partial charge in [0.05, 0.1) is 5.39 Å². The van der Waals surface area contributed by atoms with Gasteiger partial charge in [0.1, 0.15) is 5.65 Å². The van der Waals surface area contributed by atoms with E-state index in [-0.39, 0.29) is 11.0 Å². The molecule has 7 heteroatoms. The number of fused-ring (bicyclic) bond motifs is 1. The normalized spacial score (nSPS) is 10.6. The van der Waals surface area contributed by atoms with Crippen molar-refractivity contribution in [3.8, 4) is 0 Å². The molecule has 0 aliphatic carbocycles. The quantitative estimate of drug-likeness (QED) is 0.424. The van der Waals surface area contributed by atoms with Crippen molar-refractivity contribution >= 4 is 11.0 Å². The Balaban J connectivity index is 3.19. The Morgan fingerprint density at radius 3 is 2.57 bits per heavy atom. The van der Waals surface area contributed by atoms with Crippen LogP contribution in [0.5, 0.6) is 0 Å². The van der Waals surface area contributed by atoms with Gasteiger partial charge < -0.3 is 10.8 Å². The minimum atomic E-state index is -0.774. The van der Waals surface area contributed by atoms with Gasteiger partial charge in [-0.1, -0.05) is 0 Å². The highest BCUT2D eigenvalue weighted by Gasteiger charge is 2.04. The lowest BCUT2D eigenvalue weighted by Gasteiger charge is -2.00. The van der Waals surface area contributed by atoms with Crippen LogP contribution in [0.4, 0.5) is 0 Å². The highest BCUT2D eigenvalue weighted by Crippen LogP contribution is 1.96. The van der Waals surface area contributed by atoms with Crippen LogP contribution in [-0.2, 0) is 0 Å². The van der Waals surface area contributed by atoms with Crippen LogP contribution in [0, 0.1) is 0 Å². The highest BCUT2D eigenvalue weighted by atomic mass is 16.2. The monoisotopic (exact) mass is 194 g/mol. The number of H-pyrrole nitrogens is 2. The number of aromatic amines is 2. The van der Waals surface area contributed by atoms with Gasteiger partial charge in [-0.25, -0.2) is 4.79 Å². The van der Waals surface area contributed by atoms with Gasteiger partial charge in [0, 0.05) is 6.07 Å². The van der Waals surface area contributed by atoms with Crippen LogP contribution in [0.2, 0.25) is 0 Å². The lowest BCUT2D eigenvalue weighted by Crippen LogP contribution is -2.36. The van der Waals surface area contributed by atoms with Crippen molar-refractivity contribution in [3.05, 3.63) is 43.3 Å². The Kier molecular flexibility index (Phi) is 1.53. The fourth-order valence-electron chi connectivity index (χ4n) is 1.16. The van der Waals surface area contributed by atoms with Crippen molar-refractivity contribution in [1.82, 2.24) is 14.6 Å². The molecular formula is C7H6N4O3. The fourth-order valence-corrected chi connectivity index (χ4v) is 1.16. The molecular weight excluding hydrogens is 188 g/mol. The third-order valence-electron chi connectivity index (χ3n) is 1.82. The van der Waals surface area contributed by atoms with Crippen LogP contribution in [-0.4, -0.2) is 14.6 Å². The summed E-state index contributed by atoms with van der Waals surface area (Å²) in [5, 5.41) is 0.159. The van der Waals surface area contributed by atoms with Gasteiger partial charge in [0.15, 0.2) is 0 Å². The molecule has 4 N–H and O–H groups in total. The van der Waals surface area contributed by atoms with Crippen molar-refractivity contribution < 1.29 is 0 Å². The lowest BCUT2D eigenvalue weighted by molar-refractivity contribution is 0.883. The van der Waals surface area contributed by atoms with Gasteiger partial charge >= 0.3 is 5.69 Å². The average molecular weight is 194 g/mol. The third-order valence-corrected chi connectivity index (χ3v) is 1.82. The van der Waals surface area contributed by atoms with E-state index in [0.29, 0.717) is 4.68 Å². The molecule has 0 unspecified atom stereocenters. The number of nitrogens with zero attached hydrogens (tertiary/aromatic N) is 1. The molecule has 0 saturated heterocycles. The maximum Gasteiger partial charge on any atom is 0.348 e. The molecule has 0 atom stereocenters. The summed E-state index contributed by atoms with van der Waals surface area (Å²) in [6.07, 6.45) is 0. The van der Waals surface area contributed by atoms with Crippen molar-refractivity contribution in [3.63, 3.8) is 0 Å². The van der Waals surface area contributed by atoms with Crippen molar-refractivity contribution in [2.75, 3.05) is 5.84 Å². The van der Waals surface area contributed by atoms with E-state index >= 15 is 0 Å². The van der Waals surface area contributed by atoms with E-state index in [4.69, 9.17) is 5.84 Å². The minimum Gasteiger partial charge on any atom is -0.333 e. The van der Waals surface area contributed by atoms with E-state index < -0.39 is 16.8 Å². The molecule has 0 bridgehead atoms. The maximum absolute atomic E-state index is 11.2. The summed E-state index contributed by atoms with van der Waals surface area (Å²) in [6.45, 7) is 0. The standard InChI is InChI=1S/C7H6N4O3/c8-11-5-3(1-2-4(12)9-5)6(13)10-7(11)14/h1-2H,8H2,(H,9,12)(H,10,13,14). The Morgan fingerprint density at radius 2 is 1.86 bits per heavy atom. The van der Waals surface area contributed by atoms with E-state index in [9.17, 15) is 14.4 Å². The summed E-state index contributed by atoms with van der Waals surface area (Å²) >= 11 is 0. The zero-order valence-electron chi connectivity index (χ0n) is 6.90. The van der Waals surface area contributed by atoms with Crippen molar-refractivity contribution in [1.29, 1.82) is 0 Å². The number of pyridine rings is 1.